The molecule has 0 unspecified atom stereocenters. The zero-order chi connectivity index (χ0) is 13.0. The van der Waals surface area contributed by atoms with Gasteiger partial charge < -0.3 is 5.73 Å². The van der Waals surface area contributed by atoms with Crippen LogP contribution in [0.1, 0.15) is 62.6 Å². The van der Waals surface area contributed by atoms with Gasteiger partial charge in [0.15, 0.2) is 0 Å². The van der Waals surface area contributed by atoms with Crippen molar-refractivity contribution in [1.82, 2.24) is 0 Å². The Morgan fingerprint density at radius 3 is 2.50 bits per heavy atom. The second kappa shape index (κ2) is 5.88. The molecule has 0 spiro atoms. The van der Waals surface area contributed by atoms with Gasteiger partial charge in [0.25, 0.3) is 0 Å². The Kier molecular flexibility index (Phi) is 4.45. The van der Waals surface area contributed by atoms with Crippen molar-refractivity contribution in [2.45, 2.75) is 70.8 Å². The van der Waals surface area contributed by atoms with E-state index in [-0.39, 0.29) is 5.54 Å². The first-order valence-corrected chi connectivity index (χ1v) is 7.44. The SMILES string of the molecule is CC(C)(N)CCCCc1ccc2c(c1)CCCC2. The minimum absolute atomic E-state index is 0.00411. The van der Waals surface area contributed by atoms with Crippen LogP contribution in [0.2, 0.25) is 0 Å². The third-order valence-corrected chi connectivity index (χ3v) is 3.95. The lowest BCUT2D eigenvalue weighted by Crippen LogP contribution is -2.31. The van der Waals surface area contributed by atoms with E-state index in [1.54, 1.807) is 11.1 Å². The van der Waals surface area contributed by atoms with Crippen molar-refractivity contribution in [3.8, 4) is 0 Å². The summed E-state index contributed by atoms with van der Waals surface area (Å²) in [6, 6.07) is 7.14. The van der Waals surface area contributed by atoms with Crippen LogP contribution in [0.4, 0.5) is 0 Å². The molecule has 0 saturated heterocycles. The van der Waals surface area contributed by atoms with Gasteiger partial charge in [0.1, 0.15) is 0 Å². The van der Waals surface area contributed by atoms with E-state index in [4.69, 9.17) is 5.73 Å². The molecule has 18 heavy (non-hydrogen) atoms. The average molecular weight is 245 g/mol. The van der Waals surface area contributed by atoms with Crippen molar-refractivity contribution in [2.75, 3.05) is 0 Å². The molecule has 2 rings (SSSR count). The largest absolute Gasteiger partial charge is 0.326 e. The van der Waals surface area contributed by atoms with Crippen molar-refractivity contribution >= 4 is 0 Å². The maximum Gasteiger partial charge on any atom is 0.00970 e. The first-order chi connectivity index (χ1) is 8.54. The Morgan fingerprint density at radius 1 is 1.06 bits per heavy atom. The second-order valence-electron chi connectivity index (χ2n) is 6.51. The molecule has 1 aromatic rings. The molecule has 0 saturated carbocycles. The Morgan fingerprint density at radius 2 is 1.78 bits per heavy atom. The number of benzene rings is 1. The molecule has 1 nitrogen and oxygen atoms in total. The van der Waals surface area contributed by atoms with Gasteiger partial charge in [0.05, 0.1) is 0 Å². The van der Waals surface area contributed by atoms with Crippen LogP contribution in [0, 0.1) is 0 Å². The maximum absolute atomic E-state index is 6.01. The number of rotatable bonds is 5. The molecule has 1 heteroatoms. The van der Waals surface area contributed by atoms with Gasteiger partial charge in [-0.25, -0.2) is 0 Å². The summed E-state index contributed by atoms with van der Waals surface area (Å²) < 4.78 is 0. The Bertz CT molecular complexity index is 387. The topological polar surface area (TPSA) is 26.0 Å². The van der Waals surface area contributed by atoms with Crippen LogP contribution in [0.3, 0.4) is 0 Å². The van der Waals surface area contributed by atoms with Crippen LogP contribution in [-0.4, -0.2) is 5.54 Å². The number of aryl methyl sites for hydroxylation is 3. The van der Waals surface area contributed by atoms with Crippen LogP contribution in [0.15, 0.2) is 18.2 Å². The van der Waals surface area contributed by atoms with Gasteiger partial charge in [-0.2, -0.15) is 0 Å². The van der Waals surface area contributed by atoms with Crippen LogP contribution < -0.4 is 5.73 Å². The number of unbranched alkanes of at least 4 members (excludes halogenated alkanes) is 1. The lowest BCUT2D eigenvalue weighted by Gasteiger charge is -2.18. The van der Waals surface area contributed by atoms with E-state index in [1.807, 2.05) is 0 Å². The first-order valence-electron chi connectivity index (χ1n) is 7.44. The van der Waals surface area contributed by atoms with Crippen molar-refractivity contribution in [3.05, 3.63) is 34.9 Å². The van der Waals surface area contributed by atoms with Gasteiger partial charge in [0, 0.05) is 5.54 Å². The Balaban J connectivity index is 1.83. The summed E-state index contributed by atoms with van der Waals surface area (Å²) in [4.78, 5) is 0. The standard InChI is InChI=1S/C17H27N/c1-17(2,18)12-6-5-7-14-10-11-15-8-3-4-9-16(15)13-14/h10-11,13H,3-9,12,18H2,1-2H3. The Hall–Kier alpha value is -0.820. The third kappa shape index (κ3) is 4.13. The fourth-order valence-corrected chi connectivity index (χ4v) is 2.85. The van der Waals surface area contributed by atoms with E-state index in [1.165, 1.54) is 50.5 Å². The van der Waals surface area contributed by atoms with E-state index in [0.717, 1.165) is 6.42 Å². The molecule has 0 heterocycles. The van der Waals surface area contributed by atoms with Gasteiger partial charge >= 0.3 is 0 Å². The lowest BCUT2D eigenvalue weighted by atomic mass is 9.89. The van der Waals surface area contributed by atoms with Crippen LogP contribution >= 0.6 is 0 Å². The molecule has 0 fully saturated rings. The second-order valence-corrected chi connectivity index (χ2v) is 6.51. The van der Waals surface area contributed by atoms with E-state index >= 15 is 0 Å². The summed E-state index contributed by atoms with van der Waals surface area (Å²) in [6.07, 6.45) is 10.2. The third-order valence-electron chi connectivity index (χ3n) is 3.95. The van der Waals surface area contributed by atoms with E-state index < -0.39 is 0 Å². The maximum atomic E-state index is 6.01. The molecule has 2 N–H and O–H groups in total. The molecule has 0 atom stereocenters. The molecular formula is C17H27N. The molecule has 0 aliphatic heterocycles. The van der Waals surface area contributed by atoms with Crippen molar-refractivity contribution in [1.29, 1.82) is 0 Å². The summed E-state index contributed by atoms with van der Waals surface area (Å²) in [7, 11) is 0. The summed E-state index contributed by atoms with van der Waals surface area (Å²) in [5, 5.41) is 0. The van der Waals surface area contributed by atoms with Gasteiger partial charge in [-0.3, -0.25) is 0 Å². The van der Waals surface area contributed by atoms with Crippen LogP contribution in [-0.2, 0) is 19.3 Å². The van der Waals surface area contributed by atoms with Crippen LogP contribution in [0.5, 0.6) is 0 Å². The minimum Gasteiger partial charge on any atom is -0.326 e. The van der Waals surface area contributed by atoms with E-state index in [9.17, 15) is 0 Å². The fourth-order valence-electron chi connectivity index (χ4n) is 2.85. The van der Waals surface area contributed by atoms with Gasteiger partial charge in [-0.1, -0.05) is 24.6 Å². The highest BCUT2D eigenvalue weighted by atomic mass is 14.7. The Labute approximate surface area is 112 Å². The molecule has 0 amide bonds. The van der Waals surface area contributed by atoms with Gasteiger partial charge in [-0.05, 0) is 75.5 Å². The number of fused-ring (bicyclic) bond motifs is 1. The summed E-state index contributed by atoms with van der Waals surface area (Å²) in [5.41, 5.74) is 10.7. The highest BCUT2D eigenvalue weighted by Gasteiger charge is 2.11. The van der Waals surface area contributed by atoms with Gasteiger partial charge in [-0.15, -0.1) is 0 Å². The van der Waals surface area contributed by atoms with Crippen molar-refractivity contribution in [2.24, 2.45) is 5.73 Å². The highest BCUT2D eigenvalue weighted by molar-refractivity contribution is 5.33. The molecule has 100 valence electrons. The van der Waals surface area contributed by atoms with Crippen LogP contribution in [0.25, 0.3) is 0 Å². The fraction of sp³-hybridized carbons (Fsp3) is 0.647. The van der Waals surface area contributed by atoms with Gasteiger partial charge in [0.2, 0.25) is 0 Å². The lowest BCUT2D eigenvalue weighted by molar-refractivity contribution is 0.450. The first kappa shape index (κ1) is 13.6. The zero-order valence-corrected chi connectivity index (χ0v) is 12.0. The molecular weight excluding hydrogens is 218 g/mol. The normalized spacial score (nSPS) is 15.5. The molecule has 0 radical (unpaired) electrons. The summed E-state index contributed by atoms with van der Waals surface area (Å²) in [5.74, 6) is 0. The minimum atomic E-state index is -0.00411. The highest BCUT2D eigenvalue weighted by Crippen LogP contribution is 2.23. The molecule has 1 aliphatic rings. The van der Waals surface area contributed by atoms with E-state index in [0.29, 0.717) is 0 Å². The number of hydrogen-bond acceptors (Lipinski definition) is 1. The molecule has 1 aliphatic carbocycles. The number of nitrogens with two attached hydrogens (primary N) is 1. The molecule has 0 bridgehead atoms. The zero-order valence-electron chi connectivity index (χ0n) is 12.0. The monoisotopic (exact) mass is 245 g/mol. The number of hydrogen-bond donors (Lipinski definition) is 1. The quantitative estimate of drug-likeness (QED) is 0.779. The van der Waals surface area contributed by atoms with E-state index in [2.05, 4.69) is 32.0 Å². The molecule has 0 aromatic heterocycles. The predicted molar refractivity (Wildman–Crippen MR) is 78.9 cm³/mol. The summed E-state index contributed by atoms with van der Waals surface area (Å²) >= 11 is 0. The average Bonchev–Trinajstić information content (AvgIpc) is 2.33. The predicted octanol–water partition coefficient (Wildman–Crippen LogP) is 4.02. The molecule has 1 aromatic carbocycles. The summed E-state index contributed by atoms with van der Waals surface area (Å²) in [6.45, 7) is 4.23. The van der Waals surface area contributed by atoms with Crippen molar-refractivity contribution < 1.29 is 0 Å². The van der Waals surface area contributed by atoms with Crippen molar-refractivity contribution in [3.63, 3.8) is 0 Å². The smallest absolute Gasteiger partial charge is 0.00970 e.